The van der Waals surface area contributed by atoms with Gasteiger partial charge in [-0.05, 0) is 38.5 Å². The second-order valence-electron chi connectivity index (χ2n) is 4.73. The summed E-state index contributed by atoms with van der Waals surface area (Å²) in [5.41, 5.74) is 0. The predicted molar refractivity (Wildman–Crippen MR) is 56.7 cm³/mol. The molecule has 0 saturated heterocycles. The van der Waals surface area contributed by atoms with Gasteiger partial charge in [0, 0.05) is 12.1 Å². The highest BCUT2D eigenvalue weighted by molar-refractivity contribution is 4.94. The Bertz CT molecular complexity index is 182. The van der Waals surface area contributed by atoms with Crippen molar-refractivity contribution in [2.75, 3.05) is 0 Å². The summed E-state index contributed by atoms with van der Waals surface area (Å²) in [6.45, 7) is 2.34. The van der Waals surface area contributed by atoms with Crippen LogP contribution in [0.5, 0.6) is 0 Å². The van der Waals surface area contributed by atoms with Crippen molar-refractivity contribution in [1.82, 2.24) is 5.32 Å². The van der Waals surface area contributed by atoms with Gasteiger partial charge in [0.2, 0.25) is 0 Å². The van der Waals surface area contributed by atoms with Crippen molar-refractivity contribution >= 4 is 0 Å². The maximum absolute atomic E-state index is 3.74. The molecule has 1 nitrogen and oxygen atoms in total. The topological polar surface area (TPSA) is 12.0 Å². The predicted octanol–water partition coefficient (Wildman–Crippen LogP) is 2.87. The number of allylic oxidation sites excluding steroid dienone is 1. The summed E-state index contributed by atoms with van der Waals surface area (Å²) in [5.74, 6) is 1.06. The molecular formula is C12H21N. The summed E-state index contributed by atoms with van der Waals surface area (Å²) in [4.78, 5) is 0. The van der Waals surface area contributed by atoms with Gasteiger partial charge in [0.15, 0.2) is 0 Å². The summed E-state index contributed by atoms with van der Waals surface area (Å²) in [5, 5.41) is 3.74. The lowest BCUT2D eigenvalue weighted by atomic mass is 10.0. The molecule has 2 rings (SSSR count). The van der Waals surface area contributed by atoms with Crippen LogP contribution < -0.4 is 5.32 Å². The highest BCUT2D eigenvalue weighted by atomic mass is 14.9. The van der Waals surface area contributed by atoms with E-state index in [0.717, 1.165) is 18.0 Å². The SMILES string of the molecule is CC(CC1CC1)NC1CC=CCC1. The molecule has 0 spiro atoms. The van der Waals surface area contributed by atoms with Gasteiger partial charge in [-0.2, -0.15) is 0 Å². The van der Waals surface area contributed by atoms with E-state index in [1.165, 1.54) is 38.5 Å². The first-order valence-corrected chi connectivity index (χ1v) is 5.75. The molecule has 2 aliphatic rings. The van der Waals surface area contributed by atoms with Crippen molar-refractivity contribution in [3.63, 3.8) is 0 Å². The highest BCUT2D eigenvalue weighted by Crippen LogP contribution is 2.33. The smallest absolute Gasteiger partial charge is 0.0107 e. The Balaban J connectivity index is 1.66. The van der Waals surface area contributed by atoms with E-state index in [9.17, 15) is 0 Å². The van der Waals surface area contributed by atoms with E-state index >= 15 is 0 Å². The Morgan fingerprint density at radius 2 is 2.15 bits per heavy atom. The first-order chi connectivity index (χ1) is 6.34. The third kappa shape index (κ3) is 3.15. The summed E-state index contributed by atoms with van der Waals surface area (Å²) >= 11 is 0. The van der Waals surface area contributed by atoms with Crippen LogP contribution in [-0.2, 0) is 0 Å². The van der Waals surface area contributed by atoms with Crippen molar-refractivity contribution in [2.24, 2.45) is 5.92 Å². The fourth-order valence-corrected chi connectivity index (χ4v) is 2.27. The van der Waals surface area contributed by atoms with Crippen LogP contribution in [0.4, 0.5) is 0 Å². The standard InChI is InChI=1S/C12H21N/c1-10(9-11-7-8-11)13-12-5-3-2-4-6-12/h2-3,10-13H,4-9H2,1H3. The van der Waals surface area contributed by atoms with E-state index in [4.69, 9.17) is 0 Å². The number of rotatable bonds is 4. The molecule has 13 heavy (non-hydrogen) atoms. The molecule has 1 heteroatoms. The molecule has 0 bridgehead atoms. The average Bonchev–Trinajstić information content (AvgIpc) is 2.90. The molecule has 0 radical (unpaired) electrons. The number of hydrogen-bond donors (Lipinski definition) is 1. The zero-order valence-corrected chi connectivity index (χ0v) is 8.63. The molecule has 74 valence electrons. The van der Waals surface area contributed by atoms with Crippen LogP contribution in [0.15, 0.2) is 12.2 Å². The van der Waals surface area contributed by atoms with E-state index in [2.05, 4.69) is 24.4 Å². The zero-order valence-electron chi connectivity index (χ0n) is 8.63. The second-order valence-corrected chi connectivity index (χ2v) is 4.73. The van der Waals surface area contributed by atoms with Gasteiger partial charge in [0.05, 0.1) is 0 Å². The minimum atomic E-state index is 0.740. The van der Waals surface area contributed by atoms with Gasteiger partial charge in [-0.15, -0.1) is 0 Å². The van der Waals surface area contributed by atoms with Gasteiger partial charge in [0.25, 0.3) is 0 Å². The van der Waals surface area contributed by atoms with E-state index in [0.29, 0.717) is 0 Å². The van der Waals surface area contributed by atoms with Gasteiger partial charge in [-0.25, -0.2) is 0 Å². The summed E-state index contributed by atoms with van der Waals surface area (Å²) < 4.78 is 0. The molecule has 0 heterocycles. The fourth-order valence-electron chi connectivity index (χ4n) is 2.27. The van der Waals surface area contributed by atoms with Gasteiger partial charge in [0.1, 0.15) is 0 Å². The Morgan fingerprint density at radius 1 is 1.31 bits per heavy atom. The summed E-state index contributed by atoms with van der Waals surface area (Å²) in [7, 11) is 0. The normalized spacial score (nSPS) is 30.4. The molecule has 1 N–H and O–H groups in total. The highest BCUT2D eigenvalue weighted by Gasteiger charge is 2.24. The fraction of sp³-hybridized carbons (Fsp3) is 0.833. The lowest BCUT2D eigenvalue weighted by Crippen LogP contribution is -2.37. The molecule has 2 atom stereocenters. The molecule has 2 aliphatic carbocycles. The van der Waals surface area contributed by atoms with E-state index < -0.39 is 0 Å². The first-order valence-electron chi connectivity index (χ1n) is 5.75. The van der Waals surface area contributed by atoms with Crippen LogP contribution in [0.1, 0.15) is 45.4 Å². The second kappa shape index (κ2) is 4.28. The van der Waals surface area contributed by atoms with Gasteiger partial charge in [-0.3, -0.25) is 0 Å². The number of hydrogen-bond acceptors (Lipinski definition) is 1. The minimum Gasteiger partial charge on any atom is -0.311 e. The van der Waals surface area contributed by atoms with Crippen LogP contribution in [0, 0.1) is 5.92 Å². The molecule has 0 aromatic heterocycles. The van der Waals surface area contributed by atoms with Gasteiger partial charge < -0.3 is 5.32 Å². The molecule has 1 fully saturated rings. The van der Waals surface area contributed by atoms with Crippen molar-refractivity contribution < 1.29 is 0 Å². The number of nitrogens with one attached hydrogen (secondary N) is 1. The molecule has 2 unspecified atom stereocenters. The lowest BCUT2D eigenvalue weighted by Gasteiger charge is -2.24. The Kier molecular flexibility index (Phi) is 3.05. The molecule has 0 amide bonds. The molecule has 1 saturated carbocycles. The molecule has 0 aliphatic heterocycles. The van der Waals surface area contributed by atoms with Gasteiger partial charge >= 0.3 is 0 Å². The monoisotopic (exact) mass is 179 g/mol. The van der Waals surface area contributed by atoms with Crippen molar-refractivity contribution in [1.29, 1.82) is 0 Å². The quantitative estimate of drug-likeness (QED) is 0.654. The van der Waals surface area contributed by atoms with E-state index in [1.54, 1.807) is 0 Å². The lowest BCUT2D eigenvalue weighted by molar-refractivity contribution is 0.393. The van der Waals surface area contributed by atoms with Crippen LogP contribution in [0.25, 0.3) is 0 Å². The minimum absolute atomic E-state index is 0.740. The van der Waals surface area contributed by atoms with Gasteiger partial charge in [-0.1, -0.05) is 25.0 Å². The van der Waals surface area contributed by atoms with Crippen molar-refractivity contribution in [3.05, 3.63) is 12.2 Å². The van der Waals surface area contributed by atoms with Crippen LogP contribution >= 0.6 is 0 Å². The summed E-state index contributed by atoms with van der Waals surface area (Å²) in [6, 6.07) is 1.50. The third-order valence-corrected chi connectivity index (χ3v) is 3.17. The zero-order chi connectivity index (χ0) is 9.10. The molecule has 0 aromatic carbocycles. The van der Waals surface area contributed by atoms with Crippen molar-refractivity contribution in [2.45, 2.75) is 57.5 Å². The van der Waals surface area contributed by atoms with Crippen LogP contribution in [-0.4, -0.2) is 12.1 Å². The Hall–Kier alpha value is -0.300. The summed E-state index contributed by atoms with van der Waals surface area (Å²) in [6.07, 6.45) is 12.9. The Labute approximate surface area is 81.6 Å². The van der Waals surface area contributed by atoms with E-state index in [1.807, 2.05) is 0 Å². The third-order valence-electron chi connectivity index (χ3n) is 3.17. The average molecular weight is 179 g/mol. The molecule has 0 aromatic rings. The largest absolute Gasteiger partial charge is 0.311 e. The maximum Gasteiger partial charge on any atom is 0.0107 e. The van der Waals surface area contributed by atoms with Crippen LogP contribution in [0.2, 0.25) is 0 Å². The maximum atomic E-state index is 3.74. The molecular weight excluding hydrogens is 158 g/mol. The van der Waals surface area contributed by atoms with E-state index in [-0.39, 0.29) is 0 Å². The van der Waals surface area contributed by atoms with Crippen LogP contribution in [0.3, 0.4) is 0 Å². The Morgan fingerprint density at radius 3 is 2.77 bits per heavy atom. The first kappa shape index (κ1) is 9.26. The van der Waals surface area contributed by atoms with Crippen molar-refractivity contribution in [3.8, 4) is 0 Å².